The zero-order valence-corrected chi connectivity index (χ0v) is 14.0. The molecule has 0 heterocycles. The van der Waals surface area contributed by atoms with Gasteiger partial charge in [0.2, 0.25) is 0 Å². The molecule has 0 saturated carbocycles. The van der Waals surface area contributed by atoms with E-state index in [1.807, 2.05) is 0 Å². The third kappa shape index (κ3) is 6.57. The van der Waals surface area contributed by atoms with Gasteiger partial charge in [0.25, 0.3) is 0 Å². The van der Waals surface area contributed by atoms with Crippen LogP contribution in [-0.2, 0) is 4.79 Å². The number of rotatable bonds is 4. The van der Waals surface area contributed by atoms with E-state index in [1.54, 1.807) is 0 Å². The van der Waals surface area contributed by atoms with Gasteiger partial charge in [-0.05, 0) is 35.1 Å². The van der Waals surface area contributed by atoms with Crippen molar-refractivity contribution in [1.29, 1.82) is 0 Å². The van der Waals surface area contributed by atoms with Gasteiger partial charge >= 0.3 is 0 Å². The molecule has 0 aliphatic carbocycles. The molecule has 0 N–H and O–H groups in total. The largest absolute Gasteiger partial charge is 0.300 e. The van der Waals surface area contributed by atoms with E-state index in [2.05, 4.69) is 77.1 Å². The summed E-state index contributed by atoms with van der Waals surface area (Å²) in [6.07, 6.45) is 1.50. The third-order valence-corrected chi connectivity index (χ3v) is 3.28. The number of aryl methyl sites for hydroxylation is 1. The SMILES string of the molecule is CC(C)CC(=O)CC(C)C.Cc1cccc2ccccc12. The Kier molecular flexibility index (Phi) is 7.14. The first-order valence-corrected chi connectivity index (χ1v) is 7.86. The molecule has 2 aromatic rings. The summed E-state index contributed by atoms with van der Waals surface area (Å²) in [5, 5.41) is 2.68. The zero-order chi connectivity index (χ0) is 15.8. The van der Waals surface area contributed by atoms with Crippen LogP contribution in [0.1, 0.15) is 46.1 Å². The summed E-state index contributed by atoms with van der Waals surface area (Å²) in [4.78, 5) is 11.1. The van der Waals surface area contributed by atoms with Crippen LogP contribution >= 0.6 is 0 Å². The molecule has 0 atom stereocenters. The molecule has 0 spiro atoms. The fourth-order valence-corrected chi connectivity index (χ4v) is 2.38. The van der Waals surface area contributed by atoms with Crippen LogP contribution in [0.2, 0.25) is 0 Å². The number of fused-ring (bicyclic) bond motifs is 1. The van der Waals surface area contributed by atoms with E-state index in [1.165, 1.54) is 16.3 Å². The maximum Gasteiger partial charge on any atom is 0.133 e. The van der Waals surface area contributed by atoms with Crippen LogP contribution in [0.3, 0.4) is 0 Å². The molecule has 2 aromatic carbocycles. The van der Waals surface area contributed by atoms with Crippen LogP contribution < -0.4 is 0 Å². The predicted molar refractivity (Wildman–Crippen MR) is 92.6 cm³/mol. The summed E-state index contributed by atoms with van der Waals surface area (Å²) in [5.41, 5.74) is 1.35. The first-order valence-electron chi connectivity index (χ1n) is 7.86. The molecule has 0 aliphatic rings. The molecule has 0 saturated heterocycles. The van der Waals surface area contributed by atoms with Crippen molar-refractivity contribution >= 4 is 16.6 Å². The molecule has 0 radical (unpaired) electrons. The molecular formula is C20H28O. The summed E-state index contributed by atoms with van der Waals surface area (Å²) in [6, 6.07) is 14.8. The Hall–Kier alpha value is -1.63. The van der Waals surface area contributed by atoms with E-state index >= 15 is 0 Å². The van der Waals surface area contributed by atoms with Crippen molar-refractivity contribution in [3.8, 4) is 0 Å². The van der Waals surface area contributed by atoms with Crippen LogP contribution in [0.4, 0.5) is 0 Å². The van der Waals surface area contributed by atoms with Crippen molar-refractivity contribution in [2.45, 2.75) is 47.5 Å². The first-order chi connectivity index (χ1) is 9.90. The van der Waals surface area contributed by atoms with E-state index in [9.17, 15) is 4.79 Å². The number of ketones is 1. The van der Waals surface area contributed by atoms with Crippen LogP contribution in [0.15, 0.2) is 42.5 Å². The van der Waals surface area contributed by atoms with Gasteiger partial charge < -0.3 is 0 Å². The van der Waals surface area contributed by atoms with Crippen molar-refractivity contribution in [2.24, 2.45) is 11.8 Å². The summed E-state index contributed by atoms with van der Waals surface area (Å²) in [7, 11) is 0. The molecular weight excluding hydrogens is 256 g/mol. The number of hydrogen-bond acceptors (Lipinski definition) is 1. The van der Waals surface area contributed by atoms with Crippen molar-refractivity contribution in [3.63, 3.8) is 0 Å². The van der Waals surface area contributed by atoms with Gasteiger partial charge in [-0.25, -0.2) is 0 Å². The second-order valence-electron chi connectivity index (χ2n) is 6.53. The van der Waals surface area contributed by atoms with Gasteiger partial charge in [0.1, 0.15) is 5.78 Å². The monoisotopic (exact) mass is 284 g/mol. The molecule has 2 rings (SSSR count). The molecule has 0 unspecified atom stereocenters. The van der Waals surface area contributed by atoms with Gasteiger partial charge in [0, 0.05) is 12.8 Å². The molecule has 114 valence electrons. The second-order valence-corrected chi connectivity index (χ2v) is 6.53. The number of carbonyl (C=O) groups excluding carboxylic acids is 1. The van der Waals surface area contributed by atoms with Gasteiger partial charge in [-0.15, -0.1) is 0 Å². The van der Waals surface area contributed by atoms with E-state index in [0.717, 1.165) is 12.8 Å². The van der Waals surface area contributed by atoms with Crippen LogP contribution in [0, 0.1) is 18.8 Å². The maximum atomic E-state index is 11.1. The Labute approximate surface area is 129 Å². The highest BCUT2D eigenvalue weighted by Crippen LogP contribution is 2.16. The highest BCUT2D eigenvalue weighted by Gasteiger charge is 2.06. The highest BCUT2D eigenvalue weighted by molar-refractivity contribution is 5.85. The molecule has 0 aliphatic heterocycles. The Balaban J connectivity index is 0.000000212. The molecule has 0 bridgehead atoms. The van der Waals surface area contributed by atoms with Crippen LogP contribution in [0.25, 0.3) is 10.8 Å². The van der Waals surface area contributed by atoms with E-state index in [-0.39, 0.29) is 0 Å². The average molecular weight is 284 g/mol. The van der Waals surface area contributed by atoms with Crippen molar-refractivity contribution in [2.75, 3.05) is 0 Å². The minimum atomic E-state index is 0.407. The zero-order valence-electron chi connectivity index (χ0n) is 14.0. The summed E-state index contributed by atoms with van der Waals surface area (Å²) < 4.78 is 0. The maximum absolute atomic E-state index is 11.1. The first kappa shape index (κ1) is 17.4. The number of carbonyl (C=O) groups is 1. The lowest BCUT2D eigenvalue weighted by atomic mass is 10.00. The Morgan fingerprint density at radius 2 is 1.38 bits per heavy atom. The molecule has 0 aromatic heterocycles. The summed E-state index contributed by atoms with van der Waals surface area (Å²) in [6.45, 7) is 10.5. The Bertz CT molecular complexity index is 550. The van der Waals surface area contributed by atoms with Crippen LogP contribution in [-0.4, -0.2) is 5.78 Å². The fourth-order valence-electron chi connectivity index (χ4n) is 2.38. The normalized spacial score (nSPS) is 10.6. The van der Waals surface area contributed by atoms with Gasteiger partial charge in [0.15, 0.2) is 0 Å². The molecule has 21 heavy (non-hydrogen) atoms. The van der Waals surface area contributed by atoms with E-state index in [0.29, 0.717) is 17.6 Å². The van der Waals surface area contributed by atoms with Gasteiger partial charge in [-0.3, -0.25) is 4.79 Å². The molecule has 1 nitrogen and oxygen atoms in total. The minimum Gasteiger partial charge on any atom is -0.300 e. The standard InChI is InChI=1S/C11H10.C9H18O/c1-9-5-4-7-10-6-2-3-8-11(9)10;1-7(2)5-9(10)6-8(3)4/h2-8H,1H3;7-8H,5-6H2,1-4H3. The van der Waals surface area contributed by atoms with Gasteiger partial charge in [0.05, 0.1) is 0 Å². The Morgan fingerprint density at radius 1 is 0.857 bits per heavy atom. The van der Waals surface area contributed by atoms with Crippen molar-refractivity contribution in [1.82, 2.24) is 0 Å². The second kappa shape index (κ2) is 8.61. The quantitative estimate of drug-likeness (QED) is 0.694. The lowest BCUT2D eigenvalue weighted by molar-refractivity contribution is -0.120. The van der Waals surface area contributed by atoms with E-state index in [4.69, 9.17) is 0 Å². The average Bonchev–Trinajstić information content (AvgIpc) is 2.38. The molecule has 0 amide bonds. The lowest BCUT2D eigenvalue weighted by Crippen LogP contribution is -2.05. The molecule has 0 fully saturated rings. The van der Waals surface area contributed by atoms with Crippen molar-refractivity contribution < 1.29 is 4.79 Å². The lowest BCUT2D eigenvalue weighted by Gasteiger charge is -2.05. The third-order valence-electron chi connectivity index (χ3n) is 3.28. The fraction of sp³-hybridized carbons (Fsp3) is 0.450. The highest BCUT2D eigenvalue weighted by atomic mass is 16.1. The number of hydrogen-bond donors (Lipinski definition) is 0. The van der Waals surface area contributed by atoms with Crippen LogP contribution in [0.5, 0.6) is 0 Å². The number of Topliss-reactive ketones (excluding diaryl/α,β-unsaturated/α-hetero) is 1. The topological polar surface area (TPSA) is 17.1 Å². The Morgan fingerprint density at radius 3 is 1.90 bits per heavy atom. The number of benzene rings is 2. The predicted octanol–water partition coefficient (Wildman–Crippen LogP) is 5.80. The summed E-state index contributed by atoms with van der Waals surface area (Å²) in [5.74, 6) is 1.45. The summed E-state index contributed by atoms with van der Waals surface area (Å²) >= 11 is 0. The minimum absolute atomic E-state index is 0.407. The van der Waals surface area contributed by atoms with Gasteiger partial charge in [-0.1, -0.05) is 70.2 Å². The van der Waals surface area contributed by atoms with Crippen molar-refractivity contribution in [3.05, 3.63) is 48.0 Å². The van der Waals surface area contributed by atoms with Gasteiger partial charge in [-0.2, -0.15) is 0 Å². The smallest absolute Gasteiger partial charge is 0.133 e. The van der Waals surface area contributed by atoms with E-state index < -0.39 is 0 Å². The molecule has 1 heteroatoms.